The van der Waals surface area contributed by atoms with Gasteiger partial charge in [-0.15, -0.1) is 0 Å². The maximum Gasteiger partial charge on any atom is 0.408 e. The van der Waals surface area contributed by atoms with Gasteiger partial charge in [0.05, 0.1) is 0 Å². The monoisotopic (exact) mass is 461 g/mol. The lowest BCUT2D eigenvalue weighted by Crippen LogP contribution is -2.52. The van der Waals surface area contributed by atoms with Crippen LogP contribution in [-0.4, -0.2) is 47.0 Å². The highest BCUT2D eigenvalue weighted by molar-refractivity contribution is 5.92. The van der Waals surface area contributed by atoms with Crippen molar-refractivity contribution in [2.24, 2.45) is 0 Å². The molecule has 2 atom stereocenters. The van der Waals surface area contributed by atoms with E-state index in [1.807, 2.05) is 45.0 Å². The SMILES string of the molecule is CCCCCCN(C(=O)C(C)NC(=O)OC(C)(C)C)C(C(=O)NC(C)C)c1cccc(C)c1. The lowest BCUT2D eigenvalue weighted by molar-refractivity contribution is -0.142. The van der Waals surface area contributed by atoms with Crippen molar-refractivity contribution in [1.29, 1.82) is 0 Å². The molecule has 186 valence electrons. The number of carbonyl (C=O) groups is 3. The first-order valence-corrected chi connectivity index (χ1v) is 12.0. The molecule has 7 heteroatoms. The molecule has 1 aromatic rings. The van der Waals surface area contributed by atoms with Crippen molar-refractivity contribution in [2.75, 3.05) is 6.54 Å². The second-order valence-electron chi connectivity index (χ2n) is 9.94. The number of nitrogens with zero attached hydrogens (tertiary/aromatic N) is 1. The van der Waals surface area contributed by atoms with E-state index in [-0.39, 0.29) is 17.9 Å². The van der Waals surface area contributed by atoms with Crippen LogP contribution >= 0.6 is 0 Å². The van der Waals surface area contributed by atoms with E-state index in [4.69, 9.17) is 4.74 Å². The van der Waals surface area contributed by atoms with Gasteiger partial charge < -0.3 is 20.3 Å². The van der Waals surface area contributed by atoms with Crippen molar-refractivity contribution >= 4 is 17.9 Å². The Morgan fingerprint density at radius 2 is 1.70 bits per heavy atom. The summed E-state index contributed by atoms with van der Waals surface area (Å²) in [7, 11) is 0. The number of ether oxygens (including phenoxy) is 1. The Kier molecular flexibility index (Phi) is 11.4. The molecule has 0 fully saturated rings. The summed E-state index contributed by atoms with van der Waals surface area (Å²) < 4.78 is 5.31. The summed E-state index contributed by atoms with van der Waals surface area (Å²) in [6.45, 7) is 15.2. The fraction of sp³-hybridized carbons (Fsp3) is 0.654. The molecule has 0 aromatic heterocycles. The van der Waals surface area contributed by atoms with Crippen LogP contribution in [0.2, 0.25) is 0 Å². The maximum absolute atomic E-state index is 13.6. The summed E-state index contributed by atoms with van der Waals surface area (Å²) in [5.41, 5.74) is 1.09. The van der Waals surface area contributed by atoms with E-state index in [2.05, 4.69) is 17.6 Å². The van der Waals surface area contributed by atoms with Gasteiger partial charge in [0, 0.05) is 12.6 Å². The Labute approximate surface area is 199 Å². The van der Waals surface area contributed by atoms with Gasteiger partial charge in [-0.25, -0.2) is 4.79 Å². The molecule has 0 spiro atoms. The van der Waals surface area contributed by atoms with Crippen molar-refractivity contribution in [3.05, 3.63) is 35.4 Å². The molecule has 33 heavy (non-hydrogen) atoms. The highest BCUT2D eigenvalue weighted by Gasteiger charge is 2.34. The van der Waals surface area contributed by atoms with E-state index < -0.39 is 23.8 Å². The molecule has 1 aromatic carbocycles. The van der Waals surface area contributed by atoms with Crippen LogP contribution in [0.4, 0.5) is 4.79 Å². The molecule has 3 amide bonds. The van der Waals surface area contributed by atoms with E-state index in [1.165, 1.54) is 0 Å². The number of alkyl carbamates (subject to hydrolysis) is 1. The van der Waals surface area contributed by atoms with Crippen LogP contribution in [0.1, 0.15) is 91.3 Å². The standard InChI is InChI=1S/C26H43N3O4/c1-9-10-11-12-16-29(24(31)20(5)28-25(32)33-26(6,7)8)22(23(30)27-18(2)3)21-15-13-14-19(4)17-21/h13-15,17-18,20,22H,9-12,16H2,1-8H3,(H,27,30)(H,28,32). The van der Waals surface area contributed by atoms with E-state index in [9.17, 15) is 14.4 Å². The highest BCUT2D eigenvalue weighted by atomic mass is 16.6. The fourth-order valence-corrected chi connectivity index (χ4v) is 3.55. The summed E-state index contributed by atoms with van der Waals surface area (Å²) >= 11 is 0. The van der Waals surface area contributed by atoms with Gasteiger partial charge >= 0.3 is 6.09 Å². The van der Waals surface area contributed by atoms with Crippen LogP contribution < -0.4 is 10.6 Å². The number of nitrogens with one attached hydrogen (secondary N) is 2. The number of hydrogen-bond donors (Lipinski definition) is 2. The zero-order valence-corrected chi connectivity index (χ0v) is 21.7. The van der Waals surface area contributed by atoms with Crippen LogP contribution in [0.5, 0.6) is 0 Å². The van der Waals surface area contributed by atoms with E-state index in [1.54, 1.807) is 32.6 Å². The van der Waals surface area contributed by atoms with Crippen LogP contribution in [0, 0.1) is 6.92 Å². The molecule has 0 heterocycles. The number of unbranched alkanes of at least 4 members (excludes halogenated alkanes) is 3. The number of benzene rings is 1. The van der Waals surface area contributed by atoms with E-state index in [0.29, 0.717) is 6.54 Å². The predicted molar refractivity (Wildman–Crippen MR) is 132 cm³/mol. The predicted octanol–water partition coefficient (Wildman–Crippen LogP) is 4.88. The van der Waals surface area contributed by atoms with Crippen LogP contribution in [0.25, 0.3) is 0 Å². The summed E-state index contributed by atoms with van der Waals surface area (Å²) in [6, 6.07) is 5.95. The van der Waals surface area contributed by atoms with Gasteiger partial charge in [-0.2, -0.15) is 0 Å². The second-order valence-corrected chi connectivity index (χ2v) is 9.94. The molecule has 2 unspecified atom stereocenters. The third kappa shape index (κ3) is 10.3. The van der Waals surface area contributed by atoms with E-state index >= 15 is 0 Å². The van der Waals surface area contributed by atoms with Crippen LogP contribution in [-0.2, 0) is 14.3 Å². The van der Waals surface area contributed by atoms with Gasteiger partial charge in [-0.05, 0) is 60.5 Å². The number of rotatable bonds is 11. The van der Waals surface area contributed by atoms with Crippen LogP contribution in [0.3, 0.4) is 0 Å². The third-order valence-electron chi connectivity index (χ3n) is 4.99. The summed E-state index contributed by atoms with van der Waals surface area (Å²) in [5, 5.41) is 5.60. The van der Waals surface area contributed by atoms with Crippen molar-refractivity contribution in [3.8, 4) is 0 Å². The molecule has 1 rings (SSSR count). The van der Waals surface area contributed by atoms with Gasteiger partial charge in [0.1, 0.15) is 17.7 Å². The lowest BCUT2D eigenvalue weighted by atomic mass is 10.00. The first kappa shape index (κ1) is 28.5. The molecular formula is C26H43N3O4. The van der Waals surface area contributed by atoms with Crippen molar-refractivity contribution in [3.63, 3.8) is 0 Å². The normalized spacial score (nSPS) is 13.2. The average molecular weight is 462 g/mol. The lowest BCUT2D eigenvalue weighted by Gasteiger charge is -2.34. The Balaban J connectivity index is 3.27. The zero-order valence-electron chi connectivity index (χ0n) is 21.7. The number of amides is 3. The maximum atomic E-state index is 13.6. The minimum absolute atomic E-state index is 0.0702. The van der Waals surface area contributed by atoms with Gasteiger partial charge in [-0.1, -0.05) is 56.0 Å². The molecule has 7 nitrogen and oxygen atoms in total. The van der Waals surface area contributed by atoms with Crippen molar-refractivity contribution < 1.29 is 19.1 Å². The van der Waals surface area contributed by atoms with Gasteiger partial charge in [-0.3, -0.25) is 9.59 Å². The molecule has 2 N–H and O–H groups in total. The first-order chi connectivity index (χ1) is 15.4. The van der Waals surface area contributed by atoms with Gasteiger partial charge in [0.25, 0.3) is 0 Å². The summed E-state index contributed by atoms with van der Waals surface area (Å²) in [6.07, 6.45) is 3.20. The topological polar surface area (TPSA) is 87.7 Å². The number of carbonyl (C=O) groups excluding carboxylic acids is 3. The molecule has 0 saturated carbocycles. The number of hydrogen-bond acceptors (Lipinski definition) is 4. The molecule has 0 saturated heterocycles. The Bertz CT molecular complexity index is 786. The fourth-order valence-electron chi connectivity index (χ4n) is 3.55. The van der Waals surface area contributed by atoms with Crippen molar-refractivity contribution in [2.45, 2.75) is 105 Å². The molecule has 0 aliphatic carbocycles. The zero-order chi connectivity index (χ0) is 25.2. The van der Waals surface area contributed by atoms with Gasteiger partial charge in [0.15, 0.2) is 0 Å². The quantitative estimate of drug-likeness (QED) is 0.460. The minimum atomic E-state index is -0.842. The smallest absolute Gasteiger partial charge is 0.408 e. The Morgan fingerprint density at radius 3 is 2.24 bits per heavy atom. The summed E-state index contributed by atoms with van der Waals surface area (Å²) in [4.78, 5) is 40.8. The third-order valence-corrected chi connectivity index (χ3v) is 4.99. The average Bonchev–Trinajstić information content (AvgIpc) is 2.67. The Morgan fingerprint density at radius 1 is 1.03 bits per heavy atom. The first-order valence-electron chi connectivity index (χ1n) is 12.0. The largest absolute Gasteiger partial charge is 0.444 e. The Hall–Kier alpha value is -2.57. The van der Waals surface area contributed by atoms with E-state index in [0.717, 1.165) is 36.8 Å². The molecule has 0 aliphatic rings. The molecule has 0 bridgehead atoms. The summed E-state index contributed by atoms with van der Waals surface area (Å²) in [5.74, 6) is -0.549. The second kappa shape index (κ2) is 13.2. The highest BCUT2D eigenvalue weighted by Crippen LogP contribution is 2.24. The van der Waals surface area contributed by atoms with Gasteiger partial charge in [0.2, 0.25) is 11.8 Å². The van der Waals surface area contributed by atoms with Crippen molar-refractivity contribution in [1.82, 2.24) is 15.5 Å². The molecule has 0 radical (unpaired) electrons. The van der Waals surface area contributed by atoms with Crippen LogP contribution in [0.15, 0.2) is 24.3 Å². The minimum Gasteiger partial charge on any atom is -0.444 e. The number of aryl methyl sites for hydroxylation is 1. The molecular weight excluding hydrogens is 418 g/mol. The molecule has 0 aliphatic heterocycles.